The van der Waals surface area contributed by atoms with Crippen molar-refractivity contribution in [2.24, 2.45) is 17.8 Å². The lowest BCUT2D eigenvalue weighted by molar-refractivity contribution is -0.138. The normalized spacial score (nSPS) is 29.5. The minimum Gasteiger partial charge on any atom is -0.385 e. The fourth-order valence-corrected chi connectivity index (χ4v) is 6.14. The molecule has 8 heteroatoms. The first kappa shape index (κ1) is 22.6. The van der Waals surface area contributed by atoms with Crippen molar-refractivity contribution in [2.45, 2.75) is 76.8 Å². The number of carbonyl (C=O) groups is 1. The van der Waals surface area contributed by atoms with Gasteiger partial charge in [-0.15, -0.1) is 5.10 Å². The fraction of sp³-hybridized carbons (Fsp3) is 0.913. The molecule has 0 N–H and O–H groups in total. The topological polar surface area (TPSA) is 76.4 Å². The van der Waals surface area contributed by atoms with Crippen LogP contribution in [0.3, 0.4) is 0 Å². The molecule has 3 aliphatic rings. The number of amides is 1. The van der Waals surface area contributed by atoms with Crippen LogP contribution in [-0.4, -0.2) is 81.9 Å². The van der Waals surface area contributed by atoms with Crippen LogP contribution >= 0.6 is 0 Å². The number of ether oxygens (including phenoxy) is 1. The van der Waals surface area contributed by atoms with Crippen LogP contribution in [0.4, 0.5) is 0 Å². The molecule has 0 aromatic carbocycles. The van der Waals surface area contributed by atoms with Gasteiger partial charge < -0.3 is 14.5 Å². The molecule has 0 spiro atoms. The van der Waals surface area contributed by atoms with E-state index in [9.17, 15) is 4.79 Å². The van der Waals surface area contributed by atoms with E-state index in [2.05, 4.69) is 25.3 Å². The van der Waals surface area contributed by atoms with Gasteiger partial charge in [0.25, 0.3) is 0 Å². The van der Waals surface area contributed by atoms with E-state index in [4.69, 9.17) is 4.74 Å². The van der Waals surface area contributed by atoms with Gasteiger partial charge in [-0.25, -0.2) is 4.68 Å². The van der Waals surface area contributed by atoms with E-state index in [-0.39, 0.29) is 5.92 Å². The second kappa shape index (κ2) is 11.4. The van der Waals surface area contributed by atoms with E-state index in [1.165, 1.54) is 45.2 Å². The maximum atomic E-state index is 13.6. The Balaban J connectivity index is 1.33. The lowest BCUT2D eigenvalue weighted by Gasteiger charge is -2.46. The zero-order valence-corrected chi connectivity index (χ0v) is 19.2. The molecule has 2 saturated heterocycles. The first-order chi connectivity index (χ1) is 15.2. The molecule has 2 aliphatic heterocycles. The Kier molecular flexibility index (Phi) is 8.30. The minimum atomic E-state index is 0.179. The van der Waals surface area contributed by atoms with Gasteiger partial charge in [-0.3, -0.25) is 4.79 Å². The standard InChI is InChI=1S/C23H40N6O2/c1-31-15-5-14-28(17-21-6-4-13-27-12-3-2-7-22(21)27)23(30)20-10-8-19(9-11-20)16-29-18-24-25-26-29/h18-22H,2-17H2,1H3/t19?,20?,21-,22-/m1/s1. The Bertz CT molecular complexity index is 659. The molecule has 3 heterocycles. The van der Waals surface area contributed by atoms with E-state index in [0.29, 0.717) is 23.8 Å². The lowest BCUT2D eigenvalue weighted by Crippen LogP contribution is -2.52. The lowest BCUT2D eigenvalue weighted by atomic mass is 9.80. The monoisotopic (exact) mass is 432 g/mol. The van der Waals surface area contributed by atoms with E-state index < -0.39 is 0 Å². The van der Waals surface area contributed by atoms with Crippen LogP contribution in [-0.2, 0) is 16.1 Å². The van der Waals surface area contributed by atoms with Crippen molar-refractivity contribution >= 4 is 5.91 Å². The summed E-state index contributed by atoms with van der Waals surface area (Å²) in [6, 6.07) is 0.687. The molecule has 2 atom stereocenters. The molecule has 1 saturated carbocycles. The number of hydrogen-bond donors (Lipinski definition) is 0. The van der Waals surface area contributed by atoms with Gasteiger partial charge in [0.2, 0.25) is 5.91 Å². The predicted molar refractivity (Wildman–Crippen MR) is 118 cm³/mol. The van der Waals surface area contributed by atoms with Crippen LogP contribution in [0, 0.1) is 17.8 Å². The van der Waals surface area contributed by atoms with Crippen LogP contribution in [0.25, 0.3) is 0 Å². The van der Waals surface area contributed by atoms with Crippen molar-refractivity contribution in [1.29, 1.82) is 0 Å². The molecule has 31 heavy (non-hydrogen) atoms. The zero-order chi connectivity index (χ0) is 21.5. The molecular weight excluding hydrogens is 392 g/mol. The third kappa shape index (κ3) is 6.04. The highest BCUT2D eigenvalue weighted by molar-refractivity contribution is 5.79. The highest BCUT2D eigenvalue weighted by atomic mass is 16.5. The Morgan fingerprint density at radius 3 is 2.71 bits per heavy atom. The number of methoxy groups -OCH3 is 1. The molecule has 1 amide bonds. The maximum absolute atomic E-state index is 13.6. The summed E-state index contributed by atoms with van der Waals surface area (Å²) in [6.07, 6.45) is 13.3. The van der Waals surface area contributed by atoms with E-state index in [1.54, 1.807) is 13.4 Å². The van der Waals surface area contributed by atoms with Gasteiger partial charge in [-0.1, -0.05) is 6.42 Å². The highest BCUT2D eigenvalue weighted by Crippen LogP contribution is 2.34. The molecule has 1 aliphatic carbocycles. The molecule has 1 aromatic heterocycles. The summed E-state index contributed by atoms with van der Waals surface area (Å²) in [5.74, 6) is 1.78. The van der Waals surface area contributed by atoms with E-state index in [1.807, 2.05) is 4.68 Å². The summed E-state index contributed by atoms with van der Waals surface area (Å²) in [7, 11) is 1.75. The van der Waals surface area contributed by atoms with Crippen LogP contribution < -0.4 is 0 Å². The quantitative estimate of drug-likeness (QED) is 0.558. The number of tetrazole rings is 1. The highest BCUT2D eigenvalue weighted by Gasteiger charge is 2.36. The van der Waals surface area contributed by atoms with Crippen LogP contribution in [0.2, 0.25) is 0 Å². The van der Waals surface area contributed by atoms with Gasteiger partial charge in [0, 0.05) is 45.3 Å². The smallest absolute Gasteiger partial charge is 0.225 e. The Morgan fingerprint density at radius 2 is 1.94 bits per heavy atom. The fourth-order valence-electron chi connectivity index (χ4n) is 6.14. The SMILES string of the molecule is COCCCN(C[C@H]1CCCN2CCCC[C@H]12)C(=O)C1CCC(Cn2cnnn2)CC1. The molecule has 0 bridgehead atoms. The number of carbonyl (C=O) groups excluding carboxylic acids is 1. The summed E-state index contributed by atoms with van der Waals surface area (Å²) in [5.41, 5.74) is 0. The second-order valence-electron chi connectivity index (χ2n) is 9.88. The van der Waals surface area contributed by atoms with E-state index >= 15 is 0 Å². The van der Waals surface area contributed by atoms with Gasteiger partial charge in [0.1, 0.15) is 6.33 Å². The van der Waals surface area contributed by atoms with Gasteiger partial charge in [-0.2, -0.15) is 0 Å². The van der Waals surface area contributed by atoms with Gasteiger partial charge in [0.05, 0.1) is 0 Å². The summed E-state index contributed by atoms with van der Waals surface area (Å²) in [5, 5.41) is 11.5. The minimum absolute atomic E-state index is 0.179. The molecule has 0 unspecified atom stereocenters. The van der Waals surface area contributed by atoms with Crippen LogP contribution in [0.5, 0.6) is 0 Å². The number of aromatic nitrogens is 4. The summed E-state index contributed by atoms with van der Waals surface area (Å²) < 4.78 is 7.11. The van der Waals surface area contributed by atoms with Crippen molar-refractivity contribution in [2.75, 3.05) is 39.9 Å². The Labute approximate surface area is 186 Å². The first-order valence-electron chi connectivity index (χ1n) is 12.5. The average Bonchev–Trinajstić information content (AvgIpc) is 3.32. The first-order valence-corrected chi connectivity index (χ1v) is 12.5. The van der Waals surface area contributed by atoms with E-state index in [0.717, 1.165) is 58.3 Å². The summed E-state index contributed by atoms with van der Waals surface area (Å²) in [6.45, 7) is 5.87. The maximum Gasteiger partial charge on any atom is 0.225 e. The molecule has 3 fully saturated rings. The number of piperidine rings is 2. The van der Waals surface area contributed by atoms with Gasteiger partial charge in [-0.05, 0) is 93.1 Å². The van der Waals surface area contributed by atoms with Crippen molar-refractivity contribution in [1.82, 2.24) is 30.0 Å². The molecule has 8 nitrogen and oxygen atoms in total. The van der Waals surface area contributed by atoms with Crippen LogP contribution in [0.15, 0.2) is 6.33 Å². The van der Waals surface area contributed by atoms with Crippen molar-refractivity contribution in [3.8, 4) is 0 Å². The van der Waals surface area contributed by atoms with Crippen molar-refractivity contribution in [3.05, 3.63) is 6.33 Å². The largest absolute Gasteiger partial charge is 0.385 e. The molecule has 0 radical (unpaired) electrons. The summed E-state index contributed by atoms with van der Waals surface area (Å²) in [4.78, 5) is 18.5. The van der Waals surface area contributed by atoms with Crippen LogP contribution in [0.1, 0.15) is 64.2 Å². The number of hydrogen-bond acceptors (Lipinski definition) is 6. The third-order valence-corrected chi connectivity index (χ3v) is 7.80. The van der Waals surface area contributed by atoms with Crippen molar-refractivity contribution < 1.29 is 9.53 Å². The predicted octanol–water partition coefficient (Wildman–Crippen LogP) is 2.61. The average molecular weight is 433 g/mol. The molecule has 174 valence electrons. The Hall–Kier alpha value is -1.54. The zero-order valence-electron chi connectivity index (χ0n) is 19.2. The second-order valence-corrected chi connectivity index (χ2v) is 9.88. The van der Waals surface area contributed by atoms with Gasteiger partial charge >= 0.3 is 0 Å². The number of rotatable bonds is 9. The van der Waals surface area contributed by atoms with Gasteiger partial charge in [0.15, 0.2) is 0 Å². The summed E-state index contributed by atoms with van der Waals surface area (Å²) >= 11 is 0. The number of nitrogens with zero attached hydrogens (tertiary/aromatic N) is 6. The number of fused-ring (bicyclic) bond motifs is 1. The van der Waals surface area contributed by atoms with Crippen molar-refractivity contribution in [3.63, 3.8) is 0 Å². The Morgan fingerprint density at radius 1 is 1.10 bits per heavy atom. The molecule has 4 rings (SSSR count). The third-order valence-electron chi connectivity index (χ3n) is 7.80. The molecular formula is C23H40N6O2. The molecule has 1 aromatic rings.